The van der Waals surface area contributed by atoms with Gasteiger partial charge in [-0.2, -0.15) is 0 Å². The first kappa shape index (κ1) is 16.3. The number of nitrogens with one attached hydrogen (secondary N) is 1. The van der Waals surface area contributed by atoms with Crippen LogP contribution in [0.5, 0.6) is 0 Å². The van der Waals surface area contributed by atoms with Crippen LogP contribution in [0.2, 0.25) is 5.02 Å². The molecule has 0 radical (unpaired) electrons. The lowest BCUT2D eigenvalue weighted by Gasteiger charge is -2.11. The molecule has 2 rings (SSSR count). The van der Waals surface area contributed by atoms with Crippen LogP contribution in [-0.4, -0.2) is 46.5 Å². The third-order valence-electron chi connectivity index (χ3n) is 3.16. The molecule has 9 heteroatoms. The number of carbonyl (C=O) groups excluding carboxylic acids is 1. The van der Waals surface area contributed by atoms with Gasteiger partial charge in [0, 0.05) is 17.9 Å². The van der Waals surface area contributed by atoms with E-state index in [0.29, 0.717) is 6.42 Å². The van der Waals surface area contributed by atoms with Gasteiger partial charge in [0.25, 0.3) is 5.91 Å². The molecule has 1 unspecified atom stereocenters. The molecule has 0 bridgehead atoms. The van der Waals surface area contributed by atoms with E-state index in [-0.39, 0.29) is 27.0 Å². The minimum Gasteiger partial charge on any atom is -0.348 e. The van der Waals surface area contributed by atoms with Crippen molar-refractivity contribution < 1.29 is 21.6 Å². The van der Waals surface area contributed by atoms with E-state index >= 15 is 0 Å². The molecule has 0 spiro atoms. The van der Waals surface area contributed by atoms with Crippen molar-refractivity contribution in [2.75, 3.05) is 17.8 Å². The van der Waals surface area contributed by atoms with E-state index in [9.17, 15) is 21.6 Å². The minimum atomic E-state index is -3.54. The van der Waals surface area contributed by atoms with Crippen molar-refractivity contribution in [2.45, 2.75) is 17.4 Å². The molecule has 0 aromatic heterocycles. The zero-order valence-corrected chi connectivity index (χ0v) is 13.6. The molecule has 1 aliphatic rings. The van der Waals surface area contributed by atoms with Crippen LogP contribution < -0.4 is 5.32 Å². The number of carbonyl (C=O) groups is 1. The van der Waals surface area contributed by atoms with Crippen LogP contribution in [0, 0.1) is 0 Å². The van der Waals surface area contributed by atoms with Gasteiger partial charge in [0.1, 0.15) is 0 Å². The molecule has 116 valence electrons. The van der Waals surface area contributed by atoms with Gasteiger partial charge in [0.15, 0.2) is 19.7 Å². The lowest BCUT2D eigenvalue weighted by molar-refractivity contribution is 0.0941. The standard InChI is InChI=1S/C12H14ClNO5S2/c1-20(16,17)11-6-8(2-3-10(11)13)12(15)14-9-4-5-21(18,19)7-9/h2-3,6,9H,4-5,7H2,1H3,(H,14,15). The van der Waals surface area contributed by atoms with E-state index in [0.717, 1.165) is 6.26 Å². The van der Waals surface area contributed by atoms with Crippen LogP contribution in [0.15, 0.2) is 23.1 Å². The smallest absolute Gasteiger partial charge is 0.251 e. The first-order chi connectivity index (χ1) is 9.58. The Morgan fingerprint density at radius 3 is 2.57 bits per heavy atom. The molecule has 1 aromatic carbocycles. The predicted octanol–water partition coefficient (Wildman–Crippen LogP) is 0.660. The Labute approximate surface area is 128 Å². The molecule has 21 heavy (non-hydrogen) atoms. The highest BCUT2D eigenvalue weighted by Crippen LogP contribution is 2.23. The van der Waals surface area contributed by atoms with Crippen molar-refractivity contribution in [3.05, 3.63) is 28.8 Å². The Kier molecular flexibility index (Phi) is 4.32. The minimum absolute atomic E-state index is 0.0393. The summed E-state index contributed by atoms with van der Waals surface area (Å²) in [5.41, 5.74) is 0.129. The van der Waals surface area contributed by atoms with E-state index in [4.69, 9.17) is 11.6 Å². The van der Waals surface area contributed by atoms with E-state index < -0.39 is 31.6 Å². The monoisotopic (exact) mass is 351 g/mol. The molecule has 1 heterocycles. The third-order valence-corrected chi connectivity index (χ3v) is 6.51. The molecule has 6 nitrogen and oxygen atoms in total. The Hall–Kier alpha value is -1.12. The summed E-state index contributed by atoms with van der Waals surface area (Å²) in [5, 5.41) is 2.63. The van der Waals surface area contributed by atoms with Gasteiger partial charge < -0.3 is 5.32 Å². The Morgan fingerprint density at radius 1 is 1.38 bits per heavy atom. The Bertz CT molecular complexity index is 786. The molecule has 1 atom stereocenters. The molecule has 0 saturated carbocycles. The number of benzene rings is 1. The van der Waals surface area contributed by atoms with Crippen molar-refractivity contribution in [1.29, 1.82) is 0 Å². The van der Waals surface area contributed by atoms with Gasteiger partial charge in [-0.05, 0) is 24.6 Å². The summed E-state index contributed by atoms with van der Waals surface area (Å²) >= 11 is 5.80. The van der Waals surface area contributed by atoms with E-state index in [1.807, 2.05) is 0 Å². The van der Waals surface area contributed by atoms with Gasteiger partial charge in [-0.3, -0.25) is 4.79 Å². The molecule has 1 aliphatic heterocycles. The first-order valence-corrected chi connectivity index (χ1v) is 10.2. The highest BCUT2D eigenvalue weighted by atomic mass is 35.5. The maximum Gasteiger partial charge on any atom is 0.251 e. The number of rotatable bonds is 3. The highest BCUT2D eigenvalue weighted by Gasteiger charge is 2.29. The van der Waals surface area contributed by atoms with Gasteiger partial charge in [-0.1, -0.05) is 11.6 Å². The summed E-state index contributed by atoms with van der Waals surface area (Å²) in [6, 6.07) is 3.48. The molecule has 1 N–H and O–H groups in total. The lowest BCUT2D eigenvalue weighted by atomic mass is 10.2. The second-order valence-electron chi connectivity index (χ2n) is 4.99. The van der Waals surface area contributed by atoms with Crippen molar-refractivity contribution >= 4 is 37.2 Å². The van der Waals surface area contributed by atoms with Gasteiger partial charge >= 0.3 is 0 Å². The topological polar surface area (TPSA) is 97.4 Å². The molecular weight excluding hydrogens is 338 g/mol. The van der Waals surface area contributed by atoms with Gasteiger partial charge in [-0.25, -0.2) is 16.8 Å². The zero-order chi connectivity index (χ0) is 15.8. The highest BCUT2D eigenvalue weighted by molar-refractivity contribution is 7.91. The summed E-state index contributed by atoms with van der Waals surface area (Å²) in [4.78, 5) is 11.9. The van der Waals surface area contributed by atoms with Crippen molar-refractivity contribution in [1.82, 2.24) is 5.32 Å². The summed E-state index contributed by atoms with van der Waals surface area (Å²) in [7, 11) is -6.64. The fourth-order valence-corrected chi connectivity index (χ4v) is 5.08. The number of amides is 1. The predicted molar refractivity (Wildman–Crippen MR) is 79.1 cm³/mol. The number of hydrogen-bond donors (Lipinski definition) is 1. The van der Waals surface area contributed by atoms with Crippen LogP contribution in [-0.2, 0) is 19.7 Å². The second kappa shape index (κ2) is 5.58. The molecule has 1 fully saturated rings. The SMILES string of the molecule is CS(=O)(=O)c1cc(C(=O)NC2CCS(=O)(=O)C2)ccc1Cl. The van der Waals surface area contributed by atoms with Crippen LogP contribution in [0.4, 0.5) is 0 Å². The maximum atomic E-state index is 12.1. The molecule has 1 saturated heterocycles. The van der Waals surface area contributed by atoms with Crippen LogP contribution >= 0.6 is 11.6 Å². The van der Waals surface area contributed by atoms with Crippen LogP contribution in [0.3, 0.4) is 0 Å². The summed E-state index contributed by atoms with van der Waals surface area (Å²) in [6.07, 6.45) is 1.36. The van der Waals surface area contributed by atoms with Gasteiger partial charge in [-0.15, -0.1) is 0 Å². The van der Waals surface area contributed by atoms with Gasteiger partial charge in [0.2, 0.25) is 0 Å². The maximum absolute atomic E-state index is 12.1. The summed E-state index contributed by atoms with van der Waals surface area (Å²) in [6.45, 7) is 0. The van der Waals surface area contributed by atoms with E-state index in [1.54, 1.807) is 0 Å². The number of sulfone groups is 2. The summed E-state index contributed by atoms with van der Waals surface area (Å²) in [5.74, 6) is -0.558. The van der Waals surface area contributed by atoms with Crippen molar-refractivity contribution in [2.24, 2.45) is 0 Å². The van der Waals surface area contributed by atoms with Crippen LogP contribution in [0.1, 0.15) is 16.8 Å². The Balaban J connectivity index is 2.21. The van der Waals surface area contributed by atoms with Crippen molar-refractivity contribution in [3.63, 3.8) is 0 Å². The zero-order valence-electron chi connectivity index (χ0n) is 11.2. The van der Waals surface area contributed by atoms with Crippen LogP contribution in [0.25, 0.3) is 0 Å². The van der Waals surface area contributed by atoms with Crippen molar-refractivity contribution in [3.8, 4) is 0 Å². The normalized spacial score (nSPS) is 21.1. The molecular formula is C12H14ClNO5S2. The fraction of sp³-hybridized carbons (Fsp3) is 0.417. The average Bonchev–Trinajstić information content (AvgIpc) is 2.67. The fourth-order valence-electron chi connectivity index (χ4n) is 2.11. The number of hydrogen-bond acceptors (Lipinski definition) is 5. The Morgan fingerprint density at radius 2 is 2.05 bits per heavy atom. The summed E-state index contributed by atoms with van der Waals surface area (Å²) < 4.78 is 45.8. The third kappa shape index (κ3) is 3.96. The first-order valence-electron chi connectivity index (χ1n) is 6.09. The van der Waals surface area contributed by atoms with E-state index in [2.05, 4.69) is 5.32 Å². The number of halogens is 1. The second-order valence-corrected chi connectivity index (χ2v) is 9.61. The quantitative estimate of drug-likeness (QED) is 0.862. The average molecular weight is 352 g/mol. The molecule has 1 amide bonds. The van der Waals surface area contributed by atoms with Gasteiger partial charge in [0.05, 0.1) is 21.4 Å². The lowest BCUT2D eigenvalue weighted by Crippen LogP contribution is -2.35. The van der Waals surface area contributed by atoms with E-state index in [1.165, 1.54) is 18.2 Å². The molecule has 1 aromatic rings. The molecule has 0 aliphatic carbocycles. The largest absolute Gasteiger partial charge is 0.348 e.